The Morgan fingerprint density at radius 3 is 2.81 bits per heavy atom. The molecule has 16 heavy (non-hydrogen) atoms. The van der Waals surface area contributed by atoms with Crippen LogP contribution in [0.25, 0.3) is 0 Å². The minimum absolute atomic E-state index is 0.775. The number of hydrogen-bond donors (Lipinski definition) is 1. The summed E-state index contributed by atoms with van der Waals surface area (Å²) in [6.07, 6.45) is 6.92. The average Bonchev–Trinajstić information content (AvgIpc) is 2.57. The van der Waals surface area contributed by atoms with Crippen LogP contribution in [0.2, 0.25) is 0 Å². The first-order chi connectivity index (χ1) is 7.77. The van der Waals surface area contributed by atoms with E-state index in [4.69, 9.17) is 0 Å². The summed E-state index contributed by atoms with van der Waals surface area (Å²) >= 11 is 0. The number of piperidine rings is 1. The van der Waals surface area contributed by atoms with Gasteiger partial charge in [-0.15, -0.1) is 0 Å². The average molecular weight is 225 g/mol. The van der Waals surface area contributed by atoms with Gasteiger partial charge in [-0.05, 0) is 52.9 Å². The number of likely N-dealkylation sites (N-methyl/N-ethyl adjacent to an activating group) is 1. The summed E-state index contributed by atoms with van der Waals surface area (Å²) in [5, 5.41) is 3.58. The van der Waals surface area contributed by atoms with Gasteiger partial charge in [-0.1, -0.05) is 6.42 Å². The van der Waals surface area contributed by atoms with Crippen LogP contribution in [0.15, 0.2) is 0 Å². The second kappa shape index (κ2) is 5.99. The van der Waals surface area contributed by atoms with E-state index < -0.39 is 0 Å². The normalized spacial score (nSPS) is 33.9. The highest BCUT2D eigenvalue weighted by molar-refractivity contribution is 4.84. The van der Waals surface area contributed by atoms with Crippen LogP contribution in [0.4, 0.5) is 0 Å². The van der Waals surface area contributed by atoms with Crippen LogP contribution in [0, 0.1) is 0 Å². The Morgan fingerprint density at radius 1 is 1.12 bits per heavy atom. The van der Waals surface area contributed by atoms with Gasteiger partial charge < -0.3 is 10.2 Å². The van der Waals surface area contributed by atoms with Crippen molar-refractivity contribution in [2.45, 2.75) is 44.2 Å². The van der Waals surface area contributed by atoms with Crippen molar-refractivity contribution < 1.29 is 0 Å². The maximum absolute atomic E-state index is 3.58. The van der Waals surface area contributed by atoms with Gasteiger partial charge in [0, 0.05) is 25.2 Å². The first-order valence-corrected chi connectivity index (χ1v) is 6.88. The first kappa shape index (κ1) is 12.3. The maximum Gasteiger partial charge on any atom is 0.0221 e. The Kier molecular flexibility index (Phi) is 4.62. The third kappa shape index (κ3) is 3.19. The van der Waals surface area contributed by atoms with Gasteiger partial charge in [-0.25, -0.2) is 0 Å². The molecule has 0 amide bonds. The van der Waals surface area contributed by atoms with Crippen molar-refractivity contribution in [3.05, 3.63) is 0 Å². The van der Waals surface area contributed by atoms with Crippen molar-refractivity contribution in [2.24, 2.45) is 0 Å². The predicted molar refractivity (Wildman–Crippen MR) is 68.8 cm³/mol. The largest absolute Gasteiger partial charge is 0.315 e. The molecule has 2 aliphatic heterocycles. The second-order valence-corrected chi connectivity index (χ2v) is 5.61. The number of likely N-dealkylation sites (tertiary alicyclic amines) is 1. The third-order valence-corrected chi connectivity index (χ3v) is 4.20. The Balaban J connectivity index is 1.87. The molecule has 0 aliphatic carbocycles. The SMILES string of the molecule is CN(C)C1CCCN(C2CCCCNC2)C1. The fourth-order valence-electron chi connectivity index (χ4n) is 3.05. The molecule has 0 saturated carbocycles. The van der Waals surface area contributed by atoms with Crippen LogP contribution in [-0.4, -0.2) is 62.2 Å². The Hall–Kier alpha value is -0.120. The monoisotopic (exact) mass is 225 g/mol. The third-order valence-electron chi connectivity index (χ3n) is 4.20. The van der Waals surface area contributed by atoms with Crippen molar-refractivity contribution >= 4 is 0 Å². The quantitative estimate of drug-likeness (QED) is 0.761. The first-order valence-electron chi connectivity index (χ1n) is 6.88. The molecule has 3 nitrogen and oxygen atoms in total. The van der Waals surface area contributed by atoms with Gasteiger partial charge in [0.1, 0.15) is 0 Å². The van der Waals surface area contributed by atoms with Crippen molar-refractivity contribution in [1.82, 2.24) is 15.1 Å². The minimum atomic E-state index is 0.775. The number of nitrogens with zero attached hydrogens (tertiary/aromatic N) is 2. The van der Waals surface area contributed by atoms with Gasteiger partial charge in [0.2, 0.25) is 0 Å². The zero-order valence-electron chi connectivity index (χ0n) is 10.9. The predicted octanol–water partition coefficient (Wildman–Crippen LogP) is 1.15. The van der Waals surface area contributed by atoms with Crippen LogP contribution >= 0.6 is 0 Å². The number of rotatable bonds is 2. The van der Waals surface area contributed by atoms with Crippen LogP contribution < -0.4 is 5.32 Å². The zero-order valence-corrected chi connectivity index (χ0v) is 10.9. The van der Waals surface area contributed by atoms with E-state index >= 15 is 0 Å². The molecule has 94 valence electrons. The summed E-state index contributed by atoms with van der Waals surface area (Å²) in [5.41, 5.74) is 0. The lowest BCUT2D eigenvalue weighted by Crippen LogP contribution is -2.51. The van der Waals surface area contributed by atoms with Crippen LogP contribution in [0.1, 0.15) is 32.1 Å². The molecule has 2 heterocycles. The van der Waals surface area contributed by atoms with Gasteiger partial charge in [0.25, 0.3) is 0 Å². The molecule has 1 N–H and O–H groups in total. The Bertz CT molecular complexity index is 197. The molecule has 0 aromatic carbocycles. The molecular weight excluding hydrogens is 198 g/mol. The fraction of sp³-hybridized carbons (Fsp3) is 1.00. The molecule has 0 aromatic rings. The second-order valence-electron chi connectivity index (χ2n) is 5.61. The zero-order chi connectivity index (χ0) is 11.4. The summed E-state index contributed by atoms with van der Waals surface area (Å²) in [4.78, 5) is 5.13. The van der Waals surface area contributed by atoms with E-state index in [1.54, 1.807) is 0 Å². The molecule has 0 aromatic heterocycles. The number of nitrogens with one attached hydrogen (secondary N) is 1. The van der Waals surface area contributed by atoms with Crippen molar-refractivity contribution in [2.75, 3.05) is 40.3 Å². The number of hydrogen-bond acceptors (Lipinski definition) is 3. The molecule has 2 atom stereocenters. The molecule has 2 unspecified atom stereocenters. The van der Waals surface area contributed by atoms with Gasteiger partial charge in [-0.3, -0.25) is 4.90 Å². The molecule has 2 aliphatic rings. The van der Waals surface area contributed by atoms with Gasteiger partial charge in [-0.2, -0.15) is 0 Å². The van der Waals surface area contributed by atoms with Gasteiger partial charge in [0.05, 0.1) is 0 Å². The van der Waals surface area contributed by atoms with Crippen molar-refractivity contribution in [3.63, 3.8) is 0 Å². The standard InChI is InChI=1S/C13H27N3/c1-15(2)13-7-5-9-16(11-13)12-6-3-4-8-14-10-12/h12-14H,3-11H2,1-2H3. The van der Waals surface area contributed by atoms with E-state index in [1.165, 1.54) is 58.3 Å². The highest BCUT2D eigenvalue weighted by Gasteiger charge is 2.26. The molecule has 0 bridgehead atoms. The molecule has 2 saturated heterocycles. The Labute approximate surface area is 100 Å². The topological polar surface area (TPSA) is 18.5 Å². The van der Waals surface area contributed by atoms with E-state index in [0.717, 1.165) is 12.1 Å². The summed E-state index contributed by atoms with van der Waals surface area (Å²) in [6, 6.07) is 1.57. The molecule has 3 heteroatoms. The van der Waals surface area contributed by atoms with E-state index in [0.29, 0.717) is 0 Å². The molecule has 0 radical (unpaired) electrons. The van der Waals surface area contributed by atoms with E-state index in [1.807, 2.05) is 0 Å². The minimum Gasteiger partial charge on any atom is -0.315 e. The summed E-state index contributed by atoms with van der Waals surface area (Å²) < 4.78 is 0. The molecular formula is C13H27N3. The van der Waals surface area contributed by atoms with Gasteiger partial charge in [0.15, 0.2) is 0 Å². The molecule has 2 fully saturated rings. The fourth-order valence-corrected chi connectivity index (χ4v) is 3.05. The Morgan fingerprint density at radius 2 is 2.00 bits per heavy atom. The smallest absolute Gasteiger partial charge is 0.0221 e. The lowest BCUT2D eigenvalue weighted by atomic mass is 10.0. The lowest BCUT2D eigenvalue weighted by Gasteiger charge is -2.40. The molecule has 0 spiro atoms. The highest BCUT2D eigenvalue weighted by atomic mass is 15.2. The van der Waals surface area contributed by atoms with E-state index in [2.05, 4.69) is 29.2 Å². The van der Waals surface area contributed by atoms with E-state index in [9.17, 15) is 0 Å². The van der Waals surface area contributed by atoms with Crippen LogP contribution in [0.3, 0.4) is 0 Å². The van der Waals surface area contributed by atoms with Crippen molar-refractivity contribution in [1.29, 1.82) is 0 Å². The summed E-state index contributed by atoms with van der Waals surface area (Å²) in [7, 11) is 4.44. The van der Waals surface area contributed by atoms with Gasteiger partial charge >= 0.3 is 0 Å². The maximum atomic E-state index is 3.58. The van der Waals surface area contributed by atoms with E-state index in [-0.39, 0.29) is 0 Å². The van der Waals surface area contributed by atoms with Crippen LogP contribution in [-0.2, 0) is 0 Å². The van der Waals surface area contributed by atoms with Crippen LogP contribution in [0.5, 0.6) is 0 Å². The lowest BCUT2D eigenvalue weighted by molar-refractivity contribution is 0.0932. The van der Waals surface area contributed by atoms with Crippen molar-refractivity contribution in [3.8, 4) is 0 Å². The summed E-state index contributed by atoms with van der Waals surface area (Å²) in [6.45, 7) is 5.03. The molecule has 2 rings (SSSR count). The highest BCUT2D eigenvalue weighted by Crippen LogP contribution is 2.19. The summed E-state index contributed by atoms with van der Waals surface area (Å²) in [5.74, 6) is 0.